The zero-order chi connectivity index (χ0) is 15.1. The molecule has 0 saturated carbocycles. The maximum Gasteiger partial charge on any atom is 4.00 e. The first kappa shape index (κ1) is 34.1. The van der Waals surface area contributed by atoms with Crippen molar-refractivity contribution in [3.8, 4) is 0 Å². The molecule has 1 amide bonds. The van der Waals surface area contributed by atoms with E-state index in [0.29, 0.717) is 0 Å². The van der Waals surface area contributed by atoms with Crippen LogP contribution in [-0.2, 0) is 30.6 Å². The molecule has 1 atom stereocenters. The molecule has 0 saturated heterocycles. The first-order chi connectivity index (χ1) is 9.03. The van der Waals surface area contributed by atoms with E-state index in [9.17, 15) is 4.79 Å². The zero-order valence-corrected chi connectivity index (χ0v) is 20.8. The van der Waals surface area contributed by atoms with E-state index in [0.717, 1.165) is 41.6 Å². The Morgan fingerprint density at radius 2 is 1.86 bits per heavy atom. The van der Waals surface area contributed by atoms with Gasteiger partial charge in [0.1, 0.15) is 0 Å². The standard InChI is InChI=1S/C8H17NO.C6H7.C2H7Si.2ClH.Hf/c1-3-5-6-7(4-2)8(9)10;1-6-4-2-3-5-6;1-3-2;;;/h7H,3-6H2,1-2H3,(H2,9,10);4-5H,2H2,1H3;3H,1-2H3;2*1H;/q;-1;;;;+4/p-3. The molecule has 127 valence electrons. The SMILES string of the molecule is CC1=CC[C-]=C1.CCCCC(CC)C([NH-])=O.C[SiH]C.[Cl-].[Cl-].[Hf+4]. The molecule has 1 aliphatic rings. The summed E-state index contributed by atoms with van der Waals surface area (Å²) in [5, 5.41) is 0. The van der Waals surface area contributed by atoms with Crippen molar-refractivity contribution >= 4 is 15.4 Å². The molecule has 22 heavy (non-hydrogen) atoms. The van der Waals surface area contributed by atoms with Crippen molar-refractivity contribution in [1.82, 2.24) is 0 Å². The molecule has 0 heterocycles. The van der Waals surface area contributed by atoms with Gasteiger partial charge in [-0.2, -0.15) is 6.08 Å². The molecule has 2 nitrogen and oxygen atoms in total. The van der Waals surface area contributed by atoms with E-state index in [4.69, 9.17) is 5.73 Å². The second-order valence-electron chi connectivity index (χ2n) is 4.69. The molecule has 0 bridgehead atoms. The summed E-state index contributed by atoms with van der Waals surface area (Å²) in [6.07, 6.45) is 12.1. The van der Waals surface area contributed by atoms with E-state index >= 15 is 0 Å². The summed E-state index contributed by atoms with van der Waals surface area (Å²) >= 11 is 0. The van der Waals surface area contributed by atoms with Crippen molar-refractivity contribution < 1.29 is 55.5 Å². The van der Waals surface area contributed by atoms with E-state index in [2.05, 4.69) is 39.1 Å². The van der Waals surface area contributed by atoms with Crippen molar-refractivity contribution in [1.29, 1.82) is 0 Å². The normalized spacial score (nSPS) is 11.8. The van der Waals surface area contributed by atoms with Gasteiger partial charge in [0.25, 0.3) is 0 Å². The molecule has 6 heteroatoms. The van der Waals surface area contributed by atoms with Crippen LogP contribution in [0, 0.1) is 12.0 Å². The van der Waals surface area contributed by atoms with Crippen LogP contribution < -0.4 is 24.8 Å². The Hall–Kier alpha value is 0.617. The number of carbonyl (C=O) groups excluding carboxylic acids is 1. The van der Waals surface area contributed by atoms with Gasteiger partial charge in [-0.25, -0.2) is 11.6 Å². The van der Waals surface area contributed by atoms with Crippen LogP contribution in [0.4, 0.5) is 0 Å². The van der Waals surface area contributed by atoms with Gasteiger partial charge in [-0.05, 0) is 18.8 Å². The molecule has 1 radical (unpaired) electrons. The minimum absolute atomic E-state index is 0. The molecule has 0 aliphatic heterocycles. The molecule has 0 fully saturated rings. The fourth-order valence-electron chi connectivity index (χ4n) is 1.47. The largest absolute Gasteiger partial charge is 4.00 e. The van der Waals surface area contributed by atoms with Crippen LogP contribution in [0.15, 0.2) is 17.7 Å². The topological polar surface area (TPSA) is 40.9 Å². The van der Waals surface area contributed by atoms with E-state index in [1.54, 1.807) is 0 Å². The number of amides is 1. The Balaban J connectivity index is -0.0000000697. The van der Waals surface area contributed by atoms with Crippen molar-refractivity contribution in [2.75, 3.05) is 0 Å². The Morgan fingerprint density at radius 1 is 1.36 bits per heavy atom. The molecule has 1 rings (SSSR count). The summed E-state index contributed by atoms with van der Waals surface area (Å²) in [6.45, 7) is 10.6. The monoisotopic (exact) mass is 530 g/mol. The van der Waals surface area contributed by atoms with Gasteiger partial charge < -0.3 is 35.3 Å². The van der Waals surface area contributed by atoms with E-state index < -0.39 is 5.91 Å². The first-order valence-corrected chi connectivity index (χ1v) is 9.57. The van der Waals surface area contributed by atoms with Crippen LogP contribution in [0.3, 0.4) is 0 Å². The van der Waals surface area contributed by atoms with Gasteiger partial charge in [-0.15, -0.1) is 13.3 Å². The van der Waals surface area contributed by atoms with E-state index in [1.807, 2.05) is 13.0 Å². The number of hydrogen-bond donors (Lipinski definition) is 0. The van der Waals surface area contributed by atoms with Gasteiger partial charge in [0.2, 0.25) is 0 Å². The fraction of sp³-hybridized carbons (Fsp3) is 0.688. The predicted octanol–water partition coefficient (Wildman–Crippen LogP) is -0.998. The first-order valence-electron chi connectivity index (χ1n) is 7.26. The van der Waals surface area contributed by atoms with Gasteiger partial charge in [-0.1, -0.05) is 39.8 Å². The average molecular weight is 530 g/mol. The molecule has 0 aromatic carbocycles. The Kier molecular flexibility index (Phi) is 41.0. The number of allylic oxidation sites excluding steroid dienone is 4. The van der Waals surface area contributed by atoms with Crippen molar-refractivity contribution in [2.45, 2.75) is 66.0 Å². The minimum Gasteiger partial charge on any atom is -1.00 e. The molecule has 0 aromatic heterocycles. The Morgan fingerprint density at radius 3 is 2.05 bits per heavy atom. The molecular weight excluding hydrogens is 500 g/mol. The van der Waals surface area contributed by atoms with Crippen molar-refractivity contribution in [2.24, 2.45) is 5.92 Å². The van der Waals surface area contributed by atoms with Crippen LogP contribution in [-0.4, -0.2) is 15.4 Å². The summed E-state index contributed by atoms with van der Waals surface area (Å²) < 4.78 is 0. The summed E-state index contributed by atoms with van der Waals surface area (Å²) in [5.41, 5.74) is 8.22. The van der Waals surface area contributed by atoms with Gasteiger partial charge in [0.05, 0.1) is 5.91 Å². The Labute approximate surface area is 171 Å². The maximum atomic E-state index is 10.5. The van der Waals surface area contributed by atoms with Crippen LogP contribution in [0.2, 0.25) is 13.1 Å². The second-order valence-corrected chi connectivity index (χ2v) is 5.84. The Bertz CT molecular complexity index is 285. The van der Waals surface area contributed by atoms with Crippen LogP contribution in [0.25, 0.3) is 5.73 Å². The van der Waals surface area contributed by atoms with Crippen molar-refractivity contribution in [3.63, 3.8) is 0 Å². The molecular formula is C16H30Cl2HfNOSi. The van der Waals surface area contributed by atoms with Crippen LogP contribution in [0.1, 0.15) is 52.9 Å². The summed E-state index contributed by atoms with van der Waals surface area (Å²) in [5.74, 6) is -0.393. The summed E-state index contributed by atoms with van der Waals surface area (Å²) in [4.78, 5) is 10.5. The van der Waals surface area contributed by atoms with E-state index in [-0.39, 0.29) is 56.6 Å². The maximum absolute atomic E-state index is 10.5. The predicted molar refractivity (Wildman–Crippen MR) is 87.7 cm³/mol. The third kappa shape index (κ3) is 25.6. The van der Waals surface area contributed by atoms with Gasteiger partial charge in [-0.3, -0.25) is 6.08 Å². The number of rotatable bonds is 5. The third-order valence-corrected chi connectivity index (χ3v) is 2.64. The van der Waals surface area contributed by atoms with Crippen LogP contribution >= 0.6 is 0 Å². The zero-order valence-electron chi connectivity index (χ0n) is 14.5. The molecule has 1 aliphatic carbocycles. The second kappa shape index (κ2) is 26.5. The summed E-state index contributed by atoms with van der Waals surface area (Å²) in [7, 11) is 0.750. The summed E-state index contributed by atoms with van der Waals surface area (Å²) in [6, 6.07) is 0. The van der Waals surface area contributed by atoms with Gasteiger partial charge >= 0.3 is 25.8 Å². The minimum atomic E-state index is -0.393. The number of nitrogens with one attached hydrogen (secondary N) is 1. The smallest absolute Gasteiger partial charge is 1.00 e. The fourth-order valence-corrected chi connectivity index (χ4v) is 1.47. The molecule has 1 unspecified atom stereocenters. The average Bonchev–Trinajstić information content (AvgIpc) is 2.83. The number of halogens is 2. The van der Waals surface area contributed by atoms with Gasteiger partial charge in [0.15, 0.2) is 0 Å². The van der Waals surface area contributed by atoms with Crippen LogP contribution in [0.5, 0.6) is 0 Å². The number of unbranched alkanes of at least 4 members (excludes halogenated alkanes) is 1. The van der Waals surface area contributed by atoms with Gasteiger partial charge in [0, 0.05) is 9.52 Å². The van der Waals surface area contributed by atoms with Crippen molar-refractivity contribution in [3.05, 3.63) is 29.5 Å². The number of carbonyl (C=O) groups is 1. The third-order valence-electron chi connectivity index (χ3n) is 2.64. The number of hydrogen-bond acceptors (Lipinski definition) is 1. The molecule has 0 aromatic rings. The molecule has 0 spiro atoms. The van der Waals surface area contributed by atoms with E-state index in [1.165, 1.54) is 5.57 Å². The quantitative estimate of drug-likeness (QED) is 0.333. The molecule has 1 N–H and O–H groups in total.